The van der Waals surface area contributed by atoms with Crippen molar-refractivity contribution in [3.8, 4) is 11.5 Å². The largest absolute Gasteiger partial charge is 0.454 e. The van der Waals surface area contributed by atoms with Crippen LogP contribution in [-0.4, -0.2) is 11.9 Å². The normalized spacial score (nSPS) is 14.3. The molecule has 4 rings (SSSR count). The van der Waals surface area contributed by atoms with Gasteiger partial charge >= 0.3 is 0 Å². The zero-order valence-electron chi connectivity index (χ0n) is 11.2. The van der Waals surface area contributed by atoms with Crippen molar-refractivity contribution < 1.29 is 19.6 Å². The number of aliphatic hydroxyl groups excluding tert-OH is 1. The molecular formula is C17H14NO3+. The number of nitrogens with one attached hydrogen (secondary N) is 1. The average molecular weight is 280 g/mol. The standard InChI is InChI=1S/C17H13NO3/c19-17(12-5-6-14-15(9-12)21-10-20-14)16-13-4-2-1-3-11(13)7-8-18-16/h1-9,17,19H,10H2/p+1. The zero-order valence-corrected chi connectivity index (χ0v) is 11.2. The van der Waals surface area contributed by atoms with Crippen molar-refractivity contribution in [1.82, 2.24) is 0 Å². The van der Waals surface area contributed by atoms with Gasteiger partial charge in [0.15, 0.2) is 23.8 Å². The molecule has 4 nitrogen and oxygen atoms in total. The Hall–Kier alpha value is -2.59. The molecule has 3 aromatic rings. The Morgan fingerprint density at radius 1 is 1.00 bits per heavy atom. The van der Waals surface area contributed by atoms with Gasteiger partial charge in [-0.3, -0.25) is 0 Å². The van der Waals surface area contributed by atoms with Crippen LogP contribution in [0, 0.1) is 0 Å². The Morgan fingerprint density at radius 2 is 1.86 bits per heavy atom. The van der Waals surface area contributed by atoms with E-state index in [2.05, 4.69) is 4.98 Å². The van der Waals surface area contributed by atoms with E-state index in [1.807, 2.05) is 54.7 Å². The number of hydrogen-bond acceptors (Lipinski definition) is 3. The molecule has 0 radical (unpaired) electrons. The lowest BCUT2D eigenvalue weighted by Crippen LogP contribution is -2.16. The van der Waals surface area contributed by atoms with Crippen LogP contribution in [0.25, 0.3) is 10.8 Å². The average Bonchev–Trinajstić information content (AvgIpc) is 3.01. The first-order valence-corrected chi connectivity index (χ1v) is 6.80. The second kappa shape index (κ2) is 4.75. The lowest BCUT2D eigenvalue weighted by Gasteiger charge is -2.09. The highest BCUT2D eigenvalue weighted by molar-refractivity contribution is 5.83. The predicted octanol–water partition coefficient (Wildman–Crippen LogP) is 2.46. The second-order valence-electron chi connectivity index (χ2n) is 4.99. The molecule has 104 valence electrons. The third kappa shape index (κ3) is 2.00. The molecule has 2 N–H and O–H groups in total. The van der Waals surface area contributed by atoms with Crippen LogP contribution in [-0.2, 0) is 0 Å². The molecule has 0 spiro atoms. The molecule has 0 saturated carbocycles. The summed E-state index contributed by atoms with van der Waals surface area (Å²) in [7, 11) is 0. The summed E-state index contributed by atoms with van der Waals surface area (Å²) in [5, 5.41) is 12.8. The smallest absolute Gasteiger partial charge is 0.231 e. The van der Waals surface area contributed by atoms with E-state index in [1.54, 1.807) is 0 Å². The maximum absolute atomic E-state index is 10.7. The van der Waals surface area contributed by atoms with Gasteiger partial charge in [-0.15, -0.1) is 0 Å². The summed E-state index contributed by atoms with van der Waals surface area (Å²) >= 11 is 0. The number of aliphatic hydroxyl groups is 1. The first-order chi connectivity index (χ1) is 10.3. The van der Waals surface area contributed by atoms with E-state index in [9.17, 15) is 5.11 Å². The highest BCUT2D eigenvalue weighted by Gasteiger charge is 2.23. The van der Waals surface area contributed by atoms with Gasteiger partial charge in [0.05, 0.1) is 5.39 Å². The Labute approximate surface area is 121 Å². The quantitative estimate of drug-likeness (QED) is 0.784. The van der Waals surface area contributed by atoms with E-state index in [1.165, 1.54) is 0 Å². The van der Waals surface area contributed by atoms with Crippen LogP contribution in [0.4, 0.5) is 0 Å². The molecule has 1 aliphatic heterocycles. The monoisotopic (exact) mass is 280 g/mol. The van der Waals surface area contributed by atoms with Crippen molar-refractivity contribution in [1.29, 1.82) is 0 Å². The fraction of sp³-hybridized carbons (Fsp3) is 0.118. The van der Waals surface area contributed by atoms with Gasteiger partial charge in [0, 0.05) is 6.07 Å². The van der Waals surface area contributed by atoms with E-state index in [0.29, 0.717) is 11.5 Å². The van der Waals surface area contributed by atoms with Crippen LogP contribution in [0.3, 0.4) is 0 Å². The van der Waals surface area contributed by atoms with Crippen LogP contribution in [0.1, 0.15) is 17.4 Å². The van der Waals surface area contributed by atoms with E-state index in [0.717, 1.165) is 22.0 Å². The Bertz CT molecular complexity index is 811. The van der Waals surface area contributed by atoms with Gasteiger partial charge in [-0.05, 0) is 29.1 Å². The molecule has 1 aliphatic rings. The molecule has 1 atom stereocenters. The first kappa shape index (κ1) is 12.2. The van der Waals surface area contributed by atoms with Crippen LogP contribution >= 0.6 is 0 Å². The summed E-state index contributed by atoms with van der Waals surface area (Å²) < 4.78 is 10.7. The van der Waals surface area contributed by atoms with E-state index >= 15 is 0 Å². The molecule has 21 heavy (non-hydrogen) atoms. The number of aromatic nitrogens is 1. The Morgan fingerprint density at radius 3 is 2.81 bits per heavy atom. The molecule has 0 aliphatic carbocycles. The Balaban J connectivity index is 1.81. The number of H-pyrrole nitrogens is 1. The maximum Gasteiger partial charge on any atom is 0.231 e. The number of rotatable bonds is 2. The summed E-state index contributed by atoms with van der Waals surface area (Å²) in [6, 6.07) is 15.5. The van der Waals surface area contributed by atoms with Gasteiger partial charge in [0.25, 0.3) is 0 Å². The lowest BCUT2D eigenvalue weighted by molar-refractivity contribution is -0.395. The van der Waals surface area contributed by atoms with Crippen molar-refractivity contribution in [2.75, 3.05) is 6.79 Å². The summed E-state index contributed by atoms with van der Waals surface area (Å²) in [5.41, 5.74) is 1.54. The number of ether oxygens (including phenoxy) is 2. The summed E-state index contributed by atoms with van der Waals surface area (Å²) in [4.78, 5) is 3.16. The first-order valence-electron chi connectivity index (χ1n) is 6.80. The molecule has 2 heterocycles. The van der Waals surface area contributed by atoms with Gasteiger partial charge < -0.3 is 14.6 Å². The molecule has 1 aromatic heterocycles. The van der Waals surface area contributed by atoms with Crippen molar-refractivity contribution in [3.05, 3.63) is 66.0 Å². The van der Waals surface area contributed by atoms with Crippen LogP contribution in [0.5, 0.6) is 11.5 Å². The highest BCUT2D eigenvalue weighted by atomic mass is 16.7. The van der Waals surface area contributed by atoms with Gasteiger partial charge in [0.2, 0.25) is 12.5 Å². The summed E-state index contributed by atoms with van der Waals surface area (Å²) in [5.74, 6) is 1.39. The van der Waals surface area contributed by atoms with Crippen LogP contribution < -0.4 is 14.5 Å². The van der Waals surface area contributed by atoms with E-state index < -0.39 is 6.10 Å². The number of hydrogen-bond donors (Lipinski definition) is 1. The zero-order chi connectivity index (χ0) is 14.2. The molecule has 4 heteroatoms. The topological polar surface area (TPSA) is 52.8 Å². The third-order valence-electron chi connectivity index (χ3n) is 3.74. The molecule has 0 saturated heterocycles. The summed E-state index contributed by atoms with van der Waals surface area (Å²) in [6.45, 7) is 0.231. The van der Waals surface area contributed by atoms with Crippen molar-refractivity contribution in [2.45, 2.75) is 6.10 Å². The lowest BCUT2D eigenvalue weighted by atomic mass is 10.0. The van der Waals surface area contributed by atoms with Crippen molar-refractivity contribution in [2.24, 2.45) is 0 Å². The van der Waals surface area contributed by atoms with Crippen LogP contribution in [0.15, 0.2) is 54.7 Å². The number of fused-ring (bicyclic) bond motifs is 2. The third-order valence-corrected chi connectivity index (χ3v) is 3.74. The molecule has 0 amide bonds. The number of aromatic amines is 1. The minimum atomic E-state index is -0.745. The molecule has 2 aromatic carbocycles. The fourth-order valence-electron chi connectivity index (χ4n) is 2.66. The van der Waals surface area contributed by atoms with Crippen molar-refractivity contribution in [3.63, 3.8) is 0 Å². The number of pyridine rings is 1. The highest BCUT2D eigenvalue weighted by Crippen LogP contribution is 2.35. The van der Waals surface area contributed by atoms with Crippen molar-refractivity contribution >= 4 is 10.8 Å². The molecule has 1 unspecified atom stereocenters. The van der Waals surface area contributed by atoms with E-state index in [-0.39, 0.29) is 6.79 Å². The second-order valence-corrected chi connectivity index (χ2v) is 4.99. The van der Waals surface area contributed by atoms with Gasteiger partial charge in [0.1, 0.15) is 0 Å². The minimum Gasteiger partial charge on any atom is -0.454 e. The predicted molar refractivity (Wildman–Crippen MR) is 77.1 cm³/mol. The molecule has 0 fully saturated rings. The maximum atomic E-state index is 10.7. The van der Waals surface area contributed by atoms with Gasteiger partial charge in [-0.2, -0.15) is 0 Å². The van der Waals surface area contributed by atoms with Crippen LogP contribution in [0.2, 0.25) is 0 Å². The minimum absolute atomic E-state index is 0.231. The Kier molecular flexibility index (Phi) is 2.75. The van der Waals surface area contributed by atoms with Gasteiger partial charge in [-0.25, -0.2) is 4.98 Å². The van der Waals surface area contributed by atoms with E-state index in [4.69, 9.17) is 9.47 Å². The van der Waals surface area contributed by atoms with Gasteiger partial charge in [-0.1, -0.05) is 24.3 Å². The fourth-order valence-corrected chi connectivity index (χ4v) is 2.66. The molecular weight excluding hydrogens is 266 g/mol. The SMILES string of the molecule is OC(c1ccc2c(c1)OCO2)c1[nH+]ccc2ccccc12. The summed E-state index contributed by atoms with van der Waals surface area (Å²) in [6.07, 6.45) is 1.10. The molecule has 0 bridgehead atoms. The number of benzene rings is 2.